The van der Waals surface area contributed by atoms with Crippen molar-refractivity contribution >= 4 is 11.8 Å². The number of guanidine groups is 1. The van der Waals surface area contributed by atoms with E-state index in [9.17, 15) is 0 Å². The number of rotatable bonds is 5. The van der Waals surface area contributed by atoms with Crippen molar-refractivity contribution in [3.8, 4) is 0 Å². The summed E-state index contributed by atoms with van der Waals surface area (Å²) in [5.41, 5.74) is 1.00. The minimum absolute atomic E-state index is 0.677. The SMILES string of the molecule is CN=C(NCC1CCN(Cc2nc(C)c(C)o2)CC1)N1CCN(c2ccccn2)CC1. The third-order valence-corrected chi connectivity index (χ3v) is 6.45. The molecule has 168 valence electrons. The molecule has 2 aromatic heterocycles. The molecule has 0 aromatic carbocycles. The molecule has 0 spiro atoms. The molecule has 2 aliphatic heterocycles. The number of piperazine rings is 1. The number of aromatic nitrogens is 2. The Morgan fingerprint density at radius 2 is 1.90 bits per heavy atom. The van der Waals surface area contributed by atoms with Crippen LogP contribution >= 0.6 is 0 Å². The molecule has 0 unspecified atom stereocenters. The van der Waals surface area contributed by atoms with Gasteiger partial charge < -0.3 is 19.5 Å². The third-order valence-electron chi connectivity index (χ3n) is 6.45. The molecule has 2 aromatic rings. The molecule has 8 heteroatoms. The lowest BCUT2D eigenvalue weighted by atomic mass is 9.97. The molecular weight excluding hydrogens is 390 g/mol. The molecule has 1 N–H and O–H groups in total. The van der Waals surface area contributed by atoms with Gasteiger partial charge in [0.1, 0.15) is 11.6 Å². The Morgan fingerprint density at radius 3 is 2.52 bits per heavy atom. The van der Waals surface area contributed by atoms with E-state index in [1.807, 2.05) is 39.2 Å². The van der Waals surface area contributed by atoms with E-state index in [0.717, 1.165) is 81.5 Å². The van der Waals surface area contributed by atoms with Crippen LogP contribution in [0.1, 0.15) is 30.2 Å². The lowest BCUT2D eigenvalue weighted by Crippen LogP contribution is -2.53. The van der Waals surface area contributed by atoms with E-state index >= 15 is 0 Å². The number of piperidine rings is 1. The summed E-state index contributed by atoms with van der Waals surface area (Å²) in [4.78, 5) is 20.7. The van der Waals surface area contributed by atoms with Gasteiger partial charge in [-0.3, -0.25) is 9.89 Å². The molecule has 8 nitrogen and oxygen atoms in total. The van der Waals surface area contributed by atoms with Crippen LogP contribution in [0.5, 0.6) is 0 Å². The van der Waals surface area contributed by atoms with Crippen molar-refractivity contribution in [2.45, 2.75) is 33.2 Å². The molecule has 2 fully saturated rings. The van der Waals surface area contributed by atoms with E-state index in [0.29, 0.717) is 5.92 Å². The van der Waals surface area contributed by atoms with Crippen molar-refractivity contribution in [3.05, 3.63) is 41.7 Å². The first kappa shape index (κ1) is 21.6. The van der Waals surface area contributed by atoms with Gasteiger partial charge in [-0.1, -0.05) is 6.07 Å². The summed E-state index contributed by atoms with van der Waals surface area (Å²) in [5.74, 6) is 4.54. The van der Waals surface area contributed by atoms with Gasteiger partial charge in [-0.05, 0) is 57.8 Å². The minimum Gasteiger partial charge on any atom is -0.444 e. The smallest absolute Gasteiger partial charge is 0.208 e. The Bertz CT molecular complexity index is 831. The largest absolute Gasteiger partial charge is 0.444 e. The van der Waals surface area contributed by atoms with E-state index in [1.165, 1.54) is 12.8 Å². The highest BCUT2D eigenvalue weighted by Gasteiger charge is 2.23. The number of nitrogens with zero attached hydrogens (tertiary/aromatic N) is 6. The van der Waals surface area contributed by atoms with Crippen LogP contribution in [0.4, 0.5) is 5.82 Å². The van der Waals surface area contributed by atoms with Crippen molar-refractivity contribution in [2.75, 3.05) is 57.8 Å². The predicted molar refractivity (Wildman–Crippen MR) is 123 cm³/mol. The fourth-order valence-corrected chi connectivity index (χ4v) is 4.40. The highest BCUT2D eigenvalue weighted by molar-refractivity contribution is 5.80. The Kier molecular flexibility index (Phi) is 7.06. The summed E-state index contributed by atoms with van der Waals surface area (Å²) in [6.45, 7) is 11.8. The maximum Gasteiger partial charge on any atom is 0.208 e. The molecule has 0 bridgehead atoms. The normalized spacial score (nSPS) is 19.1. The first-order chi connectivity index (χ1) is 15.1. The van der Waals surface area contributed by atoms with Crippen molar-refractivity contribution in [1.82, 2.24) is 25.1 Å². The highest BCUT2D eigenvalue weighted by Crippen LogP contribution is 2.19. The zero-order chi connectivity index (χ0) is 21.6. The van der Waals surface area contributed by atoms with Crippen molar-refractivity contribution in [3.63, 3.8) is 0 Å². The molecule has 0 aliphatic carbocycles. The predicted octanol–water partition coefficient (Wildman–Crippen LogP) is 2.30. The van der Waals surface area contributed by atoms with Gasteiger partial charge in [-0.15, -0.1) is 0 Å². The van der Waals surface area contributed by atoms with Crippen LogP contribution in [0.3, 0.4) is 0 Å². The molecule has 0 saturated carbocycles. The Balaban J connectivity index is 1.18. The van der Waals surface area contributed by atoms with Gasteiger partial charge in [0.15, 0.2) is 5.96 Å². The Morgan fingerprint density at radius 1 is 1.13 bits per heavy atom. The van der Waals surface area contributed by atoms with Crippen LogP contribution in [0.25, 0.3) is 0 Å². The third kappa shape index (κ3) is 5.55. The summed E-state index contributed by atoms with van der Waals surface area (Å²) in [7, 11) is 1.89. The first-order valence-corrected chi connectivity index (χ1v) is 11.4. The van der Waals surface area contributed by atoms with Crippen LogP contribution in [-0.4, -0.2) is 78.6 Å². The van der Waals surface area contributed by atoms with E-state index in [1.54, 1.807) is 0 Å². The van der Waals surface area contributed by atoms with Crippen molar-refractivity contribution < 1.29 is 4.42 Å². The molecule has 4 rings (SSSR count). The van der Waals surface area contributed by atoms with Crippen LogP contribution in [0, 0.1) is 19.8 Å². The maximum absolute atomic E-state index is 5.75. The molecular formula is C23H35N7O. The van der Waals surface area contributed by atoms with Gasteiger partial charge in [-0.2, -0.15) is 0 Å². The number of hydrogen-bond donors (Lipinski definition) is 1. The summed E-state index contributed by atoms with van der Waals surface area (Å²) in [6.07, 6.45) is 4.24. The minimum atomic E-state index is 0.677. The topological polar surface area (TPSA) is 73.0 Å². The van der Waals surface area contributed by atoms with E-state index < -0.39 is 0 Å². The van der Waals surface area contributed by atoms with Gasteiger partial charge in [-0.25, -0.2) is 9.97 Å². The average Bonchev–Trinajstić information content (AvgIpc) is 3.13. The van der Waals surface area contributed by atoms with Crippen LogP contribution < -0.4 is 10.2 Å². The molecule has 0 radical (unpaired) electrons. The van der Waals surface area contributed by atoms with Crippen molar-refractivity contribution in [1.29, 1.82) is 0 Å². The monoisotopic (exact) mass is 425 g/mol. The zero-order valence-electron chi connectivity index (χ0n) is 19.0. The molecule has 0 atom stereocenters. The van der Waals surface area contributed by atoms with Gasteiger partial charge in [0, 0.05) is 46.0 Å². The Hall–Kier alpha value is -2.61. The van der Waals surface area contributed by atoms with Crippen LogP contribution in [0.15, 0.2) is 33.8 Å². The number of hydrogen-bond acceptors (Lipinski definition) is 6. The number of nitrogens with one attached hydrogen (secondary N) is 1. The fraction of sp³-hybridized carbons (Fsp3) is 0.609. The number of pyridine rings is 1. The lowest BCUT2D eigenvalue weighted by molar-refractivity contribution is 0.163. The first-order valence-electron chi connectivity index (χ1n) is 11.4. The fourth-order valence-electron chi connectivity index (χ4n) is 4.40. The summed E-state index contributed by atoms with van der Waals surface area (Å²) in [5, 5.41) is 3.63. The van der Waals surface area contributed by atoms with Gasteiger partial charge in [0.05, 0.1) is 12.2 Å². The summed E-state index contributed by atoms with van der Waals surface area (Å²) < 4.78 is 5.75. The van der Waals surface area contributed by atoms with Crippen LogP contribution in [0.2, 0.25) is 0 Å². The summed E-state index contributed by atoms with van der Waals surface area (Å²) in [6, 6.07) is 6.10. The molecule has 4 heterocycles. The molecule has 31 heavy (non-hydrogen) atoms. The van der Waals surface area contributed by atoms with E-state index in [2.05, 4.69) is 41.0 Å². The van der Waals surface area contributed by atoms with E-state index in [-0.39, 0.29) is 0 Å². The van der Waals surface area contributed by atoms with Gasteiger partial charge >= 0.3 is 0 Å². The number of aliphatic imine (C=N–C) groups is 1. The average molecular weight is 426 g/mol. The summed E-state index contributed by atoms with van der Waals surface area (Å²) >= 11 is 0. The second-order valence-electron chi connectivity index (χ2n) is 8.56. The molecule has 2 aliphatic rings. The second-order valence-corrected chi connectivity index (χ2v) is 8.56. The quantitative estimate of drug-likeness (QED) is 0.582. The number of oxazole rings is 1. The van der Waals surface area contributed by atoms with E-state index in [4.69, 9.17) is 4.42 Å². The van der Waals surface area contributed by atoms with Crippen LogP contribution in [-0.2, 0) is 6.54 Å². The lowest BCUT2D eigenvalue weighted by Gasteiger charge is -2.38. The number of likely N-dealkylation sites (tertiary alicyclic amines) is 1. The highest BCUT2D eigenvalue weighted by atomic mass is 16.4. The second kappa shape index (κ2) is 10.1. The molecule has 2 saturated heterocycles. The van der Waals surface area contributed by atoms with Gasteiger partial charge in [0.25, 0.3) is 0 Å². The number of aryl methyl sites for hydroxylation is 2. The zero-order valence-corrected chi connectivity index (χ0v) is 19.0. The maximum atomic E-state index is 5.75. The Labute approximate surface area is 185 Å². The van der Waals surface area contributed by atoms with Crippen molar-refractivity contribution in [2.24, 2.45) is 10.9 Å². The van der Waals surface area contributed by atoms with Gasteiger partial charge in [0.2, 0.25) is 5.89 Å². The standard InChI is InChI=1S/C23H35N7O/c1-18-19(2)31-22(27-18)17-28-10-7-20(8-11-28)16-26-23(24-3)30-14-12-29(13-15-30)21-6-4-5-9-25-21/h4-6,9,20H,7-8,10-17H2,1-3H3,(H,24,26). The molecule has 0 amide bonds. The number of anilines is 1.